The number of hydrogen-bond acceptors (Lipinski definition) is 7. The van der Waals surface area contributed by atoms with E-state index in [1.165, 1.54) is 23.9 Å². The lowest BCUT2D eigenvalue weighted by Gasteiger charge is -2.09. The number of nitrogens with zero attached hydrogens (tertiary/aromatic N) is 4. The number of nitrogens with one attached hydrogen (secondary N) is 1. The monoisotopic (exact) mass is 439 g/mol. The second kappa shape index (κ2) is 10.4. The molecule has 0 aliphatic rings. The summed E-state index contributed by atoms with van der Waals surface area (Å²) in [4.78, 5) is 23.0. The Kier molecular flexibility index (Phi) is 7.39. The van der Waals surface area contributed by atoms with Gasteiger partial charge in [0.1, 0.15) is 5.75 Å². The van der Waals surface area contributed by atoms with Crippen LogP contribution in [0.15, 0.2) is 66.3 Å². The maximum Gasteiger partial charge on any atom is 0.270 e. The number of benzene rings is 2. The van der Waals surface area contributed by atoms with Gasteiger partial charge in [0.2, 0.25) is 5.91 Å². The minimum atomic E-state index is -0.460. The predicted molar refractivity (Wildman–Crippen MR) is 119 cm³/mol. The Morgan fingerprint density at radius 2 is 2.10 bits per heavy atom. The summed E-state index contributed by atoms with van der Waals surface area (Å²) >= 11 is 1.22. The molecule has 0 aliphatic carbocycles. The van der Waals surface area contributed by atoms with Crippen LogP contribution in [-0.2, 0) is 11.3 Å². The normalized spacial score (nSPS) is 10.5. The van der Waals surface area contributed by atoms with Crippen molar-refractivity contribution in [3.63, 3.8) is 0 Å². The van der Waals surface area contributed by atoms with Gasteiger partial charge in [-0.3, -0.25) is 19.5 Å². The van der Waals surface area contributed by atoms with Crippen molar-refractivity contribution in [2.24, 2.45) is 0 Å². The van der Waals surface area contributed by atoms with E-state index in [2.05, 4.69) is 22.1 Å². The molecule has 1 heterocycles. The van der Waals surface area contributed by atoms with Crippen LogP contribution in [0.2, 0.25) is 0 Å². The van der Waals surface area contributed by atoms with Gasteiger partial charge in [-0.25, -0.2) is 0 Å². The first kappa shape index (κ1) is 22.0. The van der Waals surface area contributed by atoms with Crippen LogP contribution in [0.5, 0.6) is 5.75 Å². The van der Waals surface area contributed by atoms with Crippen LogP contribution in [0.1, 0.15) is 6.92 Å². The molecule has 9 nitrogen and oxygen atoms in total. The average molecular weight is 439 g/mol. The first-order valence-electron chi connectivity index (χ1n) is 9.46. The van der Waals surface area contributed by atoms with Gasteiger partial charge in [0.25, 0.3) is 5.69 Å². The number of carbonyl (C=O) groups is 1. The summed E-state index contributed by atoms with van der Waals surface area (Å²) in [6, 6.07) is 13.3. The molecule has 0 aliphatic heterocycles. The fraction of sp³-hybridized carbons (Fsp3) is 0.190. The van der Waals surface area contributed by atoms with Crippen molar-refractivity contribution in [3.05, 3.63) is 71.3 Å². The number of nitro groups is 1. The topological polar surface area (TPSA) is 112 Å². The van der Waals surface area contributed by atoms with E-state index in [1.54, 1.807) is 41.0 Å². The molecule has 1 aromatic heterocycles. The van der Waals surface area contributed by atoms with Crippen LogP contribution in [0.3, 0.4) is 0 Å². The molecule has 31 heavy (non-hydrogen) atoms. The molecule has 3 aromatic rings. The van der Waals surface area contributed by atoms with E-state index in [9.17, 15) is 14.9 Å². The number of thioether (sulfide) groups is 1. The maximum atomic E-state index is 12.4. The Morgan fingerprint density at radius 1 is 1.29 bits per heavy atom. The SMILES string of the molecule is C=CCn1c(SCC(=O)Nc2cccc(OCC)c2)nnc1-c1cccc([N+](=O)[O-])c1. The smallest absolute Gasteiger partial charge is 0.270 e. The van der Waals surface area contributed by atoms with E-state index in [0.717, 1.165) is 0 Å². The lowest BCUT2D eigenvalue weighted by molar-refractivity contribution is -0.384. The van der Waals surface area contributed by atoms with Gasteiger partial charge in [0.15, 0.2) is 11.0 Å². The lowest BCUT2D eigenvalue weighted by Crippen LogP contribution is -2.14. The molecule has 1 amide bonds. The number of anilines is 1. The third-order valence-electron chi connectivity index (χ3n) is 4.10. The third-order valence-corrected chi connectivity index (χ3v) is 5.07. The molecule has 0 atom stereocenters. The van der Waals surface area contributed by atoms with E-state index in [0.29, 0.717) is 41.1 Å². The van der Waals surface area contributed by atoms with Crippen molar-refractivity contribution in [1.29, 1.82) is 0 Å². The summed E-state index contributed by atoms with van der Waals surface area (Å²) in [5.41, 5.74) is 1.17. The van der Waals surface area contributed by atoms with Gasteiger partial charge in [-0.15, -0.1) is 16.8 Å². The molecule has 0 spiro atoms. The van der Waals surface area contributed by atoms with E-state index >= 15 is 0 Å². The lowest BCUT2D eigenvalue weighted by atomic mass is 10.2. The van der Waals surface area contributed by atoms with Gasteiger partial charge >= 0.3 is 0 Å². The highest BCUT2D eigenvalue weighted by atomic mass is 32.2. The summed E-state index contributed by atoms with van der Waals surface area (Å²) in [6.45, 7) is 6.57. The average Bonchev–Trinajstić information content (AvgIpc) is 3.16. The van der Waals surface area contributed by atoms with E-state index < -0.39 is 4.92 Å². The second-order valence-electron chi connectivity index (χ2n) is 6.31. The fourth-order valence-electron chi connectivity index (χ4n) is 2.82. The highest BCUT2D eigenvalue weighted by Gasteiger charge is 2.17. The molecule has 0 fully saturated rings. The quantitative estimate of drug-likeness (QED) is 0.218. The molecule has 1 N–H and O–H groups in total. The molecule has 0 bridgehead atoms. The number of hydrogen-bond donors (Lipinski definition) is 1. The second-order valence-corrected chi connectivity index (χ2v) is 7.25. The zero-order chi connectivity index (χ0) is 22.2. The van der Waals surface area contributed by atoms with Crippen LogP contribution in [0, 0.1) is 10.1 Å². The number of allylic oxidation sites excluding steroid dienone is 1. The van der Waals surface area contributed by atoms with Gasteiger partial charge in [-0.2, -0.15) is 0 Å². The van der Waals surface area contributed by atoms with Crippen LogP contribution in [-0.4, -0.2) is 38.0 Å². The summed E-state index contributed by atoms with van der Waals surface area (Å²) in [7, 11) is 0. The molecule has 3 rings (SSSR count). The Bertz CT molecular complexity index is 1100. The Labute approximate surface area is 183 Å². The maximum absolute atomic E-state index is 12.4. The molecule has 2 aromatic carbocycles. The van der Waals surface area contributed by atoms with Gasteiger partial charge < -0.3 is 10.1 Å². The summed E-state index contributed by atoms with van der Waals surface area (Å²) in [5.74, 6) is 1.06. The number of aromatic nitrogens is 3. The predicted octanol–water partition coefficient (Wildman–Crippen LogP) is 4.17. The van der Waals surface area contributed by atoms with Gasteiger partial charge in [-0.05, 0) is 19.1 Å². The Morgan fingerprint density at radius 3 is 2.84 bits per heavy atom. The highest BCUT2D eigenvalue weighted by molar-refractivity contribution is 7.99. The summed E-state index contributed by atoms with van der Waals surface area (Å²) in [5, 5.41) is 22.8. The van der Waals surface area contributed by atoms with Crippen LogP contribution >= 0.6 is 11.8 Å². The molecule has 0 unspecified atom stereocenters. The molecule has 0 saturated heterocycles. The molecular weight excluding hydrogens is 418 g/mol. The van der Waals surface area contributed by atoms with Crippen LogP contribution in [0.25, 0.3) is 11.4 Å². The number of rotatable bonds is 10. The first-order chi connectivity index (χ1) is 15.0. The Hall–Kier alpha value is -3.66. The van der Waals surface area contributed by atoms with E-state index in [1.807, 2.05) is 13.0 Å². The zero-order valence-corrected chi connectivity index (χ0v) is 17.7. The van der Waals surface area contributed by atoms with Crippen molar-refractivity contribution < 1.29 is 14.5 Å². The van der Waals surface area contributed by atoms with Gasteiger partial charge in [0, 0.05) is 36.0 Å². The highest BCUT2D eigenvalue weighted by Crippen LogP contribution is 2.27. The first-order valence-corrected chi connectivity index (χ1v) is 10.4. The van der Waals surface area contributed by atoms with Crippen molar-refractivity contribution in [3.8, 4) is 17.1 Å². The largest absolute Gasteiger partial charge is 0.494 e. The number of amides is 1. The number of non-ortho nitro benzene ring substituents is 1. The van der Waals surface area contributed by atoms with Gasteiger partial charge in [0.05, 0.1) is 17.3 Å². The van der Waals surface area contributed by atoms with Crippen molar-refractivity contribution in [2.45, 2.75) is 18.6 Å². The van der Waals surface area contributed by atoms with Crippen LogP contribution < -0.4 is 10.1 Å². The van der Waals surface area contributed by atoms with Crippen molar-refractivity contribution >= 4 is 29.0 Å². The number of nitro benzene ring substituents is 1. The minimum Gasteiger partial charge on any atom is -0.494 e. The van der Waals surface area contributed by atoms with Crippen molar-refractivity contribution in [1.82, 2.24) is 14.8 Å². The minimum absolute atomic E-state index is 0.0338. The van der Waals surface area contributed by atoms with Gasteiger partial charge in [-0.1, -0.05) is 36.0 Å². The molecule has 160 valence electrons. The van der Waals surface area contributed by atoms with Crippen molar-refractivity contribution in [2.75, 3.05) is 17.7 Å². The fourth-order valence-corrected chi connectivity index (χ4v) is 3.57. The standard InChI is InChI=1S/C21H21N5O4S/c1-3-11-25-20(15-7-5-9-17(12-15)26(28)29)23-24-21(25)31-14-19(27)22-16-8-6-10-18(13-16)30-4-2/h3,5-10,12-13H,1,4,11,14H2,2H3,(H,22,27). The van der Waals surface area contributed by atoms with E-state index in [-0.39, 0.29) is 17.3 Å². The molecule has 0 saturated carbocycles. The summed E-state index contributed by atoms with van der Waals surface area (Å²) in [6.07, 6.45) is 1.67. The molecule has 10 heteroatoms. The Balaban J connectivity index is 1.72. The molecular formula is C21H21N5O4S. The third kappa shape index (κ3) is 5.70. The molecule has 0 radical (unpaired) electrons. The number of carbonyl (C=O) groups excluding carboxylic acids is 1. The van der Waals surface area contributed by atoms with Crippen LogP contribution in [0.4, 0.5) is 11.4 Å². The number of ether oxygens (including phenoxy) is 1. The van der Waals surface area contributed by atoms with E-state index in [4.69, 9.17) is 4.74 Å². The summed E-state index contributed by atoms with van der Waals surface area (Å²) < 4.78 is 7.20. The zero-order valence-electron chi connectivity index (χ0n) is 16.9.